The molecule has 1 aliphatic heterocycles. The number of nitrogens with one attached hydrogen (secondary N) is 2. The molecule has 3 aromatic rings. The van der Waals surface area contributed by atoms with Crippen molar-refractivity contribution in [2.75, 3.05) is 19.8 Å². The van der Waals surface area contributed by atoms with Crippen LogP contribution in [0.15, 0.2) is 47.3 Å². The van der Waals surface area contributed by atoms with Crippen LogP contribution in [0.3, 0.4) is 0 Å². The molecule has 0 fully saturated rings. The number of fused-ring (bicyclic) bond motifs is 2. The molecular formula is C21H21N3O4. The van der Waals surface area contributed by atoms with E-state index in [1.807, 2.05) is 36.4 Å². The quantitative estimate of drug-likeness (QED) is 0.683. The SMILES string of the molecule is O=C(CCc1nc2ccccc2[nH]c1=O)NCCc1ccc2c(c1)OCCO2. The van der Waals surface area contributed by atoms with Gasteiger partial charge in [0.25, 0.3) is 5.56 Å². The molecule has 1 aromatic heterocycles. The highest BCUT2D eigenvalue weighted by Gasteiger charge is 2.12. The number of rotatable bonds is 6. The first kappa shape index (κ1) is 18.0. The van der Waals surface area contributed by atoms with Crippen LogP contribution < -0.4 is 20.3 Å². The third-order valence-corrected chi connectivity index (χ3v) is 4.60. The topological polar surface area (TPSA) is 93.3 Å². The predicted octanol–water partition coefficient (Wildman–Crippen LogP) is 1.99. The zero-order chi connectivity index (χ0) is 19.3. The Kier molecular flexibility index (Phi) is 5.23. The van der Waals surface area contributed by atoms with E-state index in [1.165, 1.54) is 0 Å². The summed E-state index contributed by atoms with van der Waals surface area (Å²) in [6, 6.07) is 13.2. The Bertz CT molecular complexity index is 1060. The molecule has 0 atom stereocenters. The lowest BCUT2D eigenvalue weighted by Gasteiger charge is -2.18. The molecule has 28 heavy (non-hydrogen) atoms. The summed E-state index contributed by atoms with van der Waals surface area (Å²) in [5.74, 6) is 1.40. The van der Waals surface area contributed by atoms with E-state index in [2.05, 4.69) is 15.3 Å². The van der Waals surface area contributed by atoms with E-state index in [-0.39, 0.29) is 17.9 Å². The zero-order valence-electron chi connectivity index (χ0n) is 15.4. The van der Waals surface area contributed by atoms with Crippen molar-refractivity contribution < 1.29 is 14.3 Å². The number of H-pyrrole nitrogens is 1. The zero-order valence-corrected chi connectivity index (χ0v) is 15.4. The van der Waals surface area contributed by atoms with Crippen LogP contribution in [0.4, 0.5) is 0 Å². The Hall–Kier alpha value is -3.35. The summed E-state index contributed by atoms with van der Waals surface area (Å²) in [4.78, 5) is 31.4. The fourth-order valence-corrected chi connectivity index (χ4v) is 3.15. The van der Waals surface area contributed by atoms with Gasteiger partial charge in [-0.25, -0.2) is 4.98 Å². The van der Waals surface area contributed by atoms with Crippen molar-refractivity contribution in [3.8, 4) is 11.5 Å². The molecule has 2 aromatic carbocycles. The van der Waals surface area contributed by atoms with Gasteiger partial charge in [0, 0.05) is 19.4 Å². The molecule has 0 spiro atoms. The summed E-state index contributed by atoms with van der Waals surface area (Å²) in [7, 11) is 0. The highest BCUT2D eigenvalue weighted by atomic mass is 16.6. The monoisotopic (exact) mass is 379 g/mol. The lowest BCUT2D eigenvalue weighted by atomic mass is 10.1. The Balaban J connectivity index is 1.28. The molecule has 7 nitrogen and oxygen atoms in total. The number of aromatic amines is 1. The van der Waals surface area contributed by atoms with Crippen molar-refractivity contribution in [3.63, 3.8) is 0 Å². The van der Waals surface area contributed by atoms with E-state index in [9.17, 15) is 9.59 Å². The van der Waals surface area contributed by atoms with E-state index in [4.69, 9.17) is 9.47 Å². The van der Waals surface area contributed by atoms with Gasteiger partial charge in [0.2, 0.25) is 5.91 Å². The van der Waals surface area contributed by atoms with E-state index in [1.54, 1.807) is 6.07 Å². The molecule has 1 aliphatic rings. The number of nitrogens with zero attached hydrogens (tertiary/aromatic N) is 1. The summed E-state index contributed by atoms with van der Waals surface area (Å²) in [5.41, 5.74) is 2.61. The number of para-hydroxylation sites is 2. The Morgan fingerprint density at radius 2 is 1.89 bits per heavy atom. The Morgan fingerprint density at radius 3 is 2.79 bits per heavy atom. The van der Waals surface area contributed by atoms with Crippen molar-refractivity contribution in [3.05, 3.63) is 64.1 Å². The lowest BCUT2D eigenvalue weighted by molar-refractivity contribution is -0.121. The summed E-state index contributed by atoms with van der Waals surface area (Å²) in [6.45, 7) is 1.63. The van der Waals surface area contributed by atoms with Crippen LogP contribution in [0.5, 0.6) is 11.5 Å². The van der Waals surface area contributed by atoms with E-state index in [0.717, 1.165) is 22.6 Å². The summed E-state index contributed by atoms with van der Waals surface area (Å²) in [5, 5.41) is 2.89. The summed E-state index contributed by atoms with van der Waals surface area (Å²) >= 11 is 0. The molecule has 1 amide bonds. The molecule has 2 N–H and O–H groups in total. The molecule has 0 bridgehead atoms. The Morgan fingerprint density at radius 1 is 1.07 bits per heavy atom. The summed E-state index contributed by atoms with van der Waals surface area (Å²) in [6.07, 6.45) is 1.21. The molecule has 0 saturated heterocycles. The molecule has 7 heteroatoms. The fraction of sp³-hybridized carbons (Fsp3) is 0.286. The van der Waals surface area contributed by atoms with Gasteiger partial charge in [-0.3, -0.25) is 9.59 Å². The van der Waals surface area contributed by atoms with Gasteiger partial charge in [-0.1, -0.05) is 18.2 Å². The predicted molar refractivity (Wildman–Crippen MR) is 105 cm³/mol. The molecule has 144 valence electrons. The number of hydrogen-bond acceptors (Lipinski definition) is 5. The van der Waals surface area contributed by atoms with Gasteiger partial charge in [-0.05, 0) is 36.2 Å². The first-order valence-corrected chi connectivity index (χ1v) is 9.32. The smallest absolute Gasteiger partial charge is 0.270 e. The van der Waals surface area contributed by atoms with E-state index >= 15 is 0 Å². The molecule has 0 aliphatic carbocycles. The van der Waals surface area contributed by atoms with Gasteiger partial charge < -0.3 is 19.8 Å². The highest BCUT2D eigenvalue weighted by Crippen LogP contribution is 2.30. The van der Waals surface area contributed by atoms with Crippen molar-refractivity contribution in [2.24, 2.45) is 0 Å². The second kappa shape index (κ2) is 8.12. The van der Waals surface area contributed by atoms with Gasteiger partial charge in [-0.15, -0.1) is 0 Å². The second-order valence-electron chi connectivity index (χ2n) is 6.61. The molecule has 0 saturated carbocycles. The molecule has 0 radical (unpaired) electrons. The van der Waals surface area contributed by atoms with Gasteiger partial charge in [0.05, 0.1) is 11.0 Å². The number of ether oxygens (including phenoxy) is 2. The highest BCUT2D eigenvalue weighted by molar-refractivity contribution is 5.76. The number of carbonyl (C=O) groups excluding carboxylic acids is 1. The molecular weight excluding hydrogens is 358 g/mol. The maximum atomic E-state index is 12.1. The number of aromatic nitrogens is 2. The van der Waals surface area contributed by atoms with Crippen molar-refractivity contribution in [2.45, 2.75) is 19.3 Å². The molecule has 0 unspecified atom stereocenters. The minimum Gasteiger partial charge on any atom is -0.486 e. The van der Waals surface area contributed by atoms with Gasteiger partial charge in [0.1, 0.15) is 18.9 Å². The number of hydrogen-bond donors (Lipinski definition) is 2. The van der Waals surface area contributed by atoms with Crippen LogP contribution in [-0.2, 0) is 17.6 Å². The first-order valence-electron chi connectivity index (χ1n) is 9.32. The van der Waals surface area contributed by atoms with E-state index in [0.29, 0.717) is 43.8 Å². The standard InChI is InChI=1S/C21H21N3O4/c25-20(8-6-17-21(26)24-16-4-2-1-3-15(16)23-17)22-10-9-14-5-7-18-19(13-14)28-12-11-27-18/h1-5,7,13H,6,8-12H2,(H,22,25)(H,24,26). The Labute approximate surface area is 161 Å². The number of aryl methyl sites for hydroxylation is 1. The van der Waals surface area contributed by atoms with Gasteiger partial charge >= 0.3 is 0 Å². The molecule has 2 heterocycles. The van der Waals surface area contributed by atoms with E-state index < -0.39 is 0 Å². The maximum absolute atomic E-state index is 12.1. The van der Waals surface area contributed by atoms with Crippen LogP contribution in [0.2, 0.25) is 0 Å². The van der Waals surface area contributed by atoms with Crippen molar-refractivity contribution >= 4 is 16.9 Å². The average molecular weight is 379 g/mol. The first-order chi connectivity index (χ1) is 13.7. The number of carbonyl (C=O) groups is 1. The lowest BCUT2D eigenvalue weighted by Crippen LogP contribution is -2.27. The normalized spacial score (nSPS) is 12.7. The minimum absolute atomic E-state index is 0.105. The third kappa shape index (κ3) is 4.14. The number of amides is 1. The maximum Gasteiger partial charge on any atom is 0.270 e. The fourth-order valence-electron chi connectivity index (χ4n) is 3.15. The van der Waals surface area contributed by atoms with Crippen LogP contribution in [0.1, 0.15) is 17.7 Å². The van der Waals surface area contributed by atoms with Crippen LogP contribution in [0, 0.1) is 0 Å². The third-order valence-electron chi connectivity index (χ3n) is 4.60. The van der Waals surface area contributed by atoms with Gasteiger partial charge in [0.15, 0.2) is 11.5 Å². The summed E-state index contributed by atoms with van der Waals surface area (Å²) < 4.78 is 11.1. The van der Waals surface area contributed by atoms with Crippen LogP contribution in [-0.4, -0.2) is 35.6 Å². The average Bonchev–Trinajstić information content (AvgIpc) is 2.72. The molecule has 4 rings (SSSR count). The number of benzene rings is 2. The second-order valence-corrected chi connectivity index (χ2v) is 6.61. The van der Waals surface area contributed by atoms with Crippen LogP contribution >= 0.6 is 0 Å². The largest absolute Gasteiger partial charge is 0.486 e. The van der Waals surface area contributed by atoms with Gasteiger partial charge in [-0.2, -0.15) is 0 Å². The van der Waals surface area contributed by atoms with Crippen molar-refractivity contribution in [1.29, 1.82) is 0 Å². The van der Waals surface area contributed by atoms with Crippen molar-refractivity contribution in [1.82, 2.24) is 15.3 Å². The minimum atomic E-state index is -0.247. The van der Waals surface area contributed by atoms with Crippen LogP contribution in [0.25, 0.3) is 11.0 Å².